The maximum absolute atomic E-state index is 12.5. The third-order valence-corrected chi connectivity index (χ3v) is 6.55. The second-order valence-electron chi connectivity index (χ2n) is 7.92. The van der Waals surface area contributed by atoms with Gasteiger partial charge in [-0.1, -0.05) is 11.8 Å². The molecule has 1 aliphatic carbocycles. The Morgan fingerprint density at radius 1 is 1.19 bits per heavy atom. The molecule has 8 heteroatoms. The lowest BCUT2D eigenvalue weighted by atomic mass is 9.97. The summed E-state index contributed by atoms with van der Waals surface area (Å²) < 4.78 is 0. The lowest BCUT2D eigenvalue weighted by Gasteiger charge is -2.21. The summed E-state index contributed by atoms with van der Waals surface area (Å²) in [7, 11) is 0. The summed E-state index contributed by atoms with van der Waals surface area (Å²) in [5.41, 5.74) is 0.953. The van der Waals surface area contributed by atoms with Gasteiger partial charge in [0.15, 0.2) is 0 Å². The number of carbonyl (C=O) groups excluding carboxylic acids is 2. The zero-order chi connectivity index (χ0) is 19.8. The van der Waals surface area contributed by atoms with Crippen molar-refractivity contribution in [3.63, 3.8) is 0 Å². The smallest absolute Gasteiger partial charge is 0.321 e. The van der Waals surface area contributed by atoms with Crippen molar-refractivity contribution < 1.29 is 9.59 Å². The Labute approximate surface area is 167 Å². The summed E-state index contributed by atoms with van der Waals surface area (Å²) in [4.78, 5) is 36.1. The highest BCUT2D eigenvalue weighted by Crippen LogP contribution is 2.40. The Bertz CT molecular complexity index is 886. The molecule has 0 bridgehead atoms. The van der Waals surface area contributed by atoms with Crippen LogP contribution in [-0.4, -0.2) is 32.7 Å². The molecule has 1 aliphatic rings. The van der Waals surface area contributed by atoms with E-state index in [0.717, 1.165) is 28.1 Å². The van der Waals surface area contributed by atoms with Gasteiger partial charge in [-0.3, -0.25) is 10.1 Å². The van der Waals surface area contributed by atoms with Gasteiger partial charge in [0.1, 0.15) is 15.7 Å². The first-order chi connectivity index (χ1) is 12.6. The van der Waals surface area contributed by atoms with Gasteiger partial charge in [0.2, 0.25) is 5.91 Å². The SMILES string of the molecule is Cc1nc(S[C@@H](C)C(=O)NC(=O)NC(C)(C)C)c2c3c(sc2n1)CCCC3. The van der Waals surface area contributed by atoms with E-state index in [2.05, 4.69) is 20.6 Å². The van der Waals surface area contributed by atoms with Crippen LogP contribution in [0.3, 0.4) is 0 Å². The van der Waals surface area contributed by atoms with Crippen LogP contribution in [0.4, 0.5) is 4.79 Å². The van der Waals surface area contributed by atoms with Crippen LogP contribution in [0.2, 0.25) is 0 Å². The van der Waals surface area contributed by atoms with Gasteiger partial charge in [-0.15, -0.1) is 11.3 Å². The van der Waals surface area contributed by atoms with Gasteiger partial charge < -0.3 is 5.32 Å². The van der Waals surface area contributed by atoms with E-state index in [0.29, 0.717) is 5.82 Å². The van der Waals surface area contributed by atoms with Crippen LogP contribution in [-0.2, 0) is 17.6 Å². The lowest BCUT2D eigenvalue weighted by molar-refractivity contribution is -0.119. The summed E-state index contributed by atoms with van der Waals surface area (Å²) in [5.74, 6) is 0.386. The molecule has 146 valence electrons. The number of imide groups is 1. The minimum Gasteiger partial charge on any atom is -0.333 e. The highest BCUT2D eigenvalue weighted by molar-refractivity contribution is 8.00. The molecule has 0 fully saturated rings. The molecule has 0 saturated carbocycles. The molecule has 2 heterocycles. The van der Waals surface area contributed by atoms with Crippen LogP contribution in [0.5, 0.6) is 0 Å². The molecule has 2 aromatic heterocycles. The van der Waals surface area contributed by atoms with E-state index >= 15 is 0 Å². The van der Waals surface area contributed by atoms with Crippen LogP contribution in [0.25, 0.3) is 10.2 Å². The van der Waals surface area contributed by atoms with Gasteiger partial charge in [-0.05, 0) is 65.9 Å². The second-order valence-corrected chi connectivity index (χ2v) is 10.3. The van der Waals surface area contributed by atoms with E-state index in [4.69, 9.17) is 0 Å². The number of fused-ring (bicyclic) bond motifs is 3. The Balaban J connectivity index is 1.80. The molecule has 1 atom stereocenters. The molecule has 0 spiro atoms. The summed E-state index contributed by atoms with van der Waals surface area (Å²) in [6.45, 7) is 9.29. The number of hydrogen-bond acceptors (Lipinski definition) is 6. The molecule has 0 radical (unpaired) electrons. The summed E-state index contributed by atoms with van der Waals surface area (Å²) in [6.07, 6.45) is 4.54. The number of hydrogen-bond donors (Lipinski definition) is 2. The number of aryl methyl sites for hydroxylation is 3. The van der Waals surface area contributed by atoms with Crippen molar-refractivity contribution in [2.24, 2.45) is 0 Å². The number of thiophene rings is 1. The van der Waals surface area contributed by atoms with E-state index in [1.54, 1.807) is 18.3 Å². The Morgan fingerprint density at radius 2 is 1.89 bits per heavy atom. The van der Waals surface area contributed by atoms with Gasteiger partial charge in [0.05, 0.1) is 5.25 Å². The number of urea groups is 1. The van der Waals surface area contributed by atoms with E-state index < -0.39 is 16.8 Å². The second kappa shape index (κ2) is 7.75. The van der Waals surface area contributed by atoms with Gasteiger partial charge in [-0.2, -0.15) is 0 Å². The first-order valence-electron chi connectivity index (χ1n) is 9.22. The molecule has 27 heavy (non-hydrogen) atoms. The van der Waals surface area contributed by atoms with Crippen molar-refractivity contribution in [3.05, 3.63) is 16.3 Å². The van der Waals surface area contributed by atoms with Crippen molar-refractivity contribution in [2.45, 2.75) is 76.1 Å². The zero-order valence-electron chi connectivity index (χ0n) is 16.4. The zero-order valence-corrected chi connectivity index (χ0v) is 18.1. The molecule has 3 amide bonds. The normalized spacial score (nSPS) is 15.3. The molecule has 2 N–H and O–H groups in total. The fourth-order valence-corrected chi connectivity index (χ4v) is 5.51. The number of aromatic nitrogens is 2. The number of thioether (sulfide) groups is 1. The van der Waals surface area contributed by atoms with Crippen LogP contribution in [0.15, 0.2) is 5.03 Å². The molecule has 0 aliphatic heterocycles. The maximum atomic E-state index is 12.5. The minimum absolute atomic E-state index is 0.324. The quantitative estimate of drug-likeness (QED) is 0.595. The number of carbonyl (C=O) groups is 2. The van der Waals surface area contributed by atoms with Gasteiger partial charge in [0.25, 0.3) is 0 Å². The number of amides is 3. The molecule has 3 rings (SSSR count). The highest BCUT2D eigenvalue weighted by Gasteiger charge is 2.25. The summed E-state index contributed by atoms with van der Waals surface area (Å²) in [5, 5.41) is 6.67. The average molecular weight is 407 g/mol. The topological polar surface area (TPSA) is 84.0 Å². The number of nitrogens with zero attached hydrogens (tertiary/aromatic N) is 2. The third-order valence-electron chi connectivity index (χ3n) is 4.28. The average Bonchev–Trinajstić information content (AvgIpc) is 2.90. The Morgan fingerprint density at radius 3 is 2.59 bits per heavy atom. The summed E-state index contributed by atoms with van der Waals surface area (Å²) >= 11 is 3.15. The first-order valence-corrected chi connectivity index (χ1v) is 10.9. The van der Waals surface area contributed by atoms with Crippen LogP contribution in [0, 0.1) is 6.92 Å². The van der Waals surface area contributed by atoms with Gasteiger partial charge >= 0.3 is 6.03 Å². The molecule has 0 unspecified atom stereocenters. The first kappa shape index (κ1) is 20.1. The highest BCUT2D eigenvalue weighted by atomic mass is 32.2. The summed E-state index contributed by atoms with van der Waals surface area (Å²) in [6, 6.07) is -0.475. The Kier molecular flexibility index (Phi) is 5.76. The van der Waals surface area contributed by atoms with Crippen LogP contribution >= 0.6 is 23.1 Å². The molecular weight excluding hydrogens is 380 g/mol. The van der Waals surface area contributed by atoms with Crippen molar-refractivity contribution in [1.29, 1.82) is 0 Å². The van der Waals surface area contributed by atoms with Crippen molar-refractivity contribution >= 4 is 45.3 Å². The molecule has 2 aromatic rings. The van der Waals surface area contributed by atoms with E-state index in [1.807, 2.05) is 27.7 Å². The van der Waals surface area contributed by atoms with Crippen molar-refractivity contribution in [3.8, 4) is 0 Å². The predicted octanol–water partition coefficient (Wildman–Crippen LogP) is 3.98. The van der Waals surface area contributed by atoms with E-state index in [9.17, 15) is 9.59 Å². The van der Waals surface area contributed by atoms with Crippen molar-refractivity contribution in [1.82, 2.24) is 20.6 Å². The molecular formula is C19H26N4O2S2. The van der Waals surface area contributed by atoms with Gasteiger partial charge in [0, 0.05) is 15.8 Å². The van der Waals surface area contributed by atoms with Crippen molar-refractivity contribution in [2.75, 3.05) is 0 Å². The van der Waals surface area contributed by atoms with Gasteiger partial charge in [-0.25, -0.2) is 14.8 Å². The molecule has 6 nitrogen and oxygen atoms in total. The van der Waals surface area contributed by atoms with E-state index in [-0.39, 0.29) is 5.91 Å². The minimum atomic E-state index is -0.475. The fourth-order valence-electron chi connectivity index (χ4n) is 3.12. The van der Waals surface area contributed by atoms with Crippen LogP contribution in [0.1, 0.15) is 56.8 Å². The predicted molar refractivity (Wildman–Crippen MR) is 111 cm³/mol. The number of rotatable bonds is 3. The Hall–Kier alpha value is -1.67. The number of nitrogens with one attached hydrogen (secondary N) is 2. The fraction of sp³-hybridized carbons (Fsp3) is 0.579. The largest absolute Gasteiger partial charge is 0.333 e. The maximum Gasteiger partial charge on any atom is 0.321 e. The van der Waals surface area contributed by atoms with E-state index in [1.165, 1.54) is 35.0 Å². The monoisotopic (exact) mass is 406 g/mol. The third kappa shape index (κ3) is 4.79. The molecule has 0 saturated heterocycles. The lowest BCUT2D eigenvalue weighted by Crippen LogP contribution is -2.49. The van der Waals surface area contributed by atoms with Crippen LogP contribution < -0.4 is 10.6 Å². The standard InChI is InChI=1S/C19H26N4O2S2/c1-10(15(24)22-18(25)23-19(3,4)5)26-16-14-12-8-6-7-9-13(12)27-17(14)21-11(2)20-16/h10H,6-9H2,1-5H3,(H2,22,23,24,25)/t10-/m0/s1. The molecule has 0 aromatic carbocycles.